The van der Waals surface area contributed by atoms with Gasteiger partial charge in [-0.1, -0.05) is 24.3 Å². The van der Waals surface area contributed by atoms with Crippen LogP contribution >= 0.6 is 0 Å². The van der Waals surface area contributed by atoms with E-state index in [1.807, 2.05) is 24.0 Å². The lowest BCUT2D eigenvalue weighted by Gasteiger charge is -2.35. The molecule has 2 saturated carbocycles. The minimum absolute atomic E-state index is 0.0431. The van der Waals surface area contributed by atoms with Gasteiger partial charge in [0.15, 0.2) is 11.3 Å². The number of carbonyl (C=O) groups excluding carboxylic acids is 2. The Bertz CT molecular complexity index is 1280. The Hall–Kier alpha value is -3.29. The minimum Gasteiger partial charge on any atom is -0.369 e. The number of nitrogens with two attached hydrogens (primary N) is 1. The van der Waals surface area contributed by atoms with Gasteiger partial charge in [-0.15, -0.1) is 0 Å². The van der Waals surface area contributed by atoms with Gasteiger partial charge in [-0.3, -0.25) is 9.59 Å². The van der Waals surface area contributed by atoms with E-state index in [2.05, 4.69) is 22.2 Å². The van der Waals surface area contributed by atoms with Crippen molar-refractivity contribution in [2.45, 2.75) is 50.2 Å². The third-order valence-corrected chi connectivity index (χ3v) is 7.19. The van der Waals surface area contributed by atoms with Crippen molar-refractivity contribution >= 4 is 17.5 Å². The molecule has 0 saturated heterocycles. The smallest absolute Gasteiger partial charge is 0.273 e. The molecule has 0 bridgehead atoms. The molecule has 3 aliphatic rings. The molecule has 2 amide bonds. The lowest BCUT2D eigenvalue weighted by Crippen LogP contribution is -2.39. The molecule has 6 rings (SSSR count). The number of hydrogen-bond donors (Lipinski definition) is 1. The lowest BCUT2D eigenvalue weighted by molar-refractivity contribution is -0.120. The normalized spacial score (nSPS) is 26.8. The first-order chi connectivity index (χ1) is 15.4. The van der Waals surface area contributed by atoms with Crippen molar-refractivity contribution in [3.8, 4) is 0 Å². The Morgan fingerprint density at radius 3 is 2.72 bits per heavy atom. The number of amides is 2. The van der Waals surface area contributed by atoms with Gasteiger partial charge in [-0.05, 0) is 43.4 Å². The Kier molecular flexibility index (Phi) is 4.00. The number of nitrogens with zero attached hydrogens (tertiary/aromatic N) is 4. The first-order valence-electron chi connectivity index (χ1n) is 11.1. The van der Waals surface area contributed by atoms with E-state index in [-0.39, 0.29) is 30.0 Å². The van der Waals surface area contributed by atoms with Crippen LogP contribution in [0.2, 0.25) is 0 Å². The molecule has 7 nitrogen and oxygen atoms in total. The lowest BCUT2D eigenvalue weighted by atomic mass is 9.93. The van der Waals surface area contributed by atoms with Gasteiger partial charge in [0.2, 0.25) is 5.91 Å². The van der Waals surface area contributed by atoms with Crippen LogP contribution in [0.1, 0.15) is 71.1 Å². The second kappa shape index (κ2) is 6.60. The summed E-state index contributed by atoms with van der Waals surface area (Å²) in [6.07, 6.45) is 2.85. The highest BCUT2D eigenvalue weighted by Crippen LogP contribution is 2.55. The number of carbonyl (C=O) groups is 2. The van der Waals surface area contributed by atoms with E-state index in [1.54, 1.807) is 16.6 Å². The van der Waals surface area contributed by atoms with Gasteiger partial charge in [-0.25, -0.2) is 13.9 Å². The van der Waals surface area contributed by atoms with Crippen molar-refractivity contribution in [2.24, 2.45) is 11.7 Å². The number of hydrogen-bond acceptors (Lipinski definition) is 4. The van der Waals surface area contributed by atoms with Crippen LogP contribution in [-0.2, 0) is 16.9 Å². The molecule has 164 valence electrons. The summed E-state index contributed by atoms with van der Waals surface area (Å²) in [5.41, 5.74) is 7.73. The fourth-order valence-corrected chi connectivity index (χ4v) is 5.02. The van der Waals surface area contributed by atoms with Crippen LogP contribution in [0, 0.1) is 5.92 Å². The zero-order chi connectivity index (χ0) is 22.2. The zero-order valence-corrected chi connectivity index (χ0v) is 17.8. The maximum absolute atomic E-state index is 15.2. The molecule has 3 heterocycles. The Balaban J connectivity index is 1.38. The maximum Gasteiger partial charge on any atom is 0.273 e. The van der Waals surface area contributed by atoms with E-state index < -0.39 is 17.5 Å². The third kappa shape index (κ3) is 2.85. The van der Waals surface area contributed by atoms with Crippen molar-refractivity contribution in [1.82, 2.24) is 19.5 Å². The number of primary amides is 1. The van der Waals surface area contributed by atoms with Crippen LogP contribution in [0.15, 0.2) is 36.4 Å². The summed E-state index contributed by atoms with van der Waals surface area (Å²) in [5.74, 6) is -1.36. The van der Waals surface area contributed by atoms with Crippen LogP contribution in [0.25, 0.3) is 5.65 Å². The number of rotatable bonds is 4. The highest BCUT2D eigenvalue weighted by molar-refractivity contribution is 5.93. The molecule has 1 aromatic carbocycles. The minimum atomic E-state index is -1.84. The second-order valence-electron chi connectivity index (χ2n) is 9.28. The van der Waals surface area contributed by atoms with Gasteiger partial charge in [0.05, 0.1) is 12.0 Å². The van der Waals surface area contributed by atoms with Crippen molar-refractivity contribution in [3.63, 3.8) is 0 Å². The fourth-order valence-electron chi connectivity index (χ4n) is 5.02. The fraction of sp³-hybridized carbons (Fsp3) is 0.417. The summed E-state index contributed by atoms with van der Waals surface area (Å²) in [6, 6.07) is 11.5. The van der Waals surface area contributed by atoms with Crippen LogP contribution in [0.3, 0.4) is 0 Å². The van der Waals surface area contributed by atoms with Crippen LogP contribution in [-0.4, -0.2) is 37.9 Å². The maximum atomic E-state index is 15.2. The van der Waals surface area contributed by atoms with Gasteiger partial charge in [0.25, 0.3) is 5.91 Å². The SMILES string of the molecule is C[C@@H]1c2ccccc2CCN1C(=O)c1cc(C2CC2)n2nc([C@@]3(F)C[C@H]3C(N)=O)cc2n1. The quantitative estimate of drug-likeness (QED) is 0.684. The first kappa shape index (κ1) is 19.4. The number of fused-ring (bicyclic) bond motifs is 2. The van der Waals surface area contributed by atoms with Gasteiger partial charge < -0.3 is 10.6 Å². The standard InChI is InChI=1S/C24H24FN5O2/c1-13-16-5-3-2-4-14(16)8-9-29(13)23(32)18-10-19(15-6-7-15)30-21(27-18)11-20(28-30)24(25)12-17(24)22(26)31/h2-5,10-11,13,15,17H,6-9,12H2,1H3,(H2,26,31)/t13-,17+,24-/m1/s1. The van der Waals surface area contributed by atoms with Crippen LogP contribution in [0.5, 0.6) is 0 Å². The molecule has 32 heavy (non-hydrogen) atoms. The molecule has 0 unspecified atom stereocenters. The molecular weight excluding hydrogens is 409 g/mol. The van der Waals surface area contributed by atoms with E-state index in [1.165, 1.54) is 5.56 Å². The van der Waals surface area contributed by atoms with E-state index in [0.29, 0.717) is 17.9 Å². The number of alkyl halides is 1. The highest BCUT2D eigenvalue weighted by Gasteiger charge is 2.62. The Labute approximate surface area is 184 Å². The molecule has 3 atom stereocenters. The molecule has 0 radical (unpaired) electrons. The zero-order valence-electron chi connectivity index (χ0n) is 17.8. The topological polar surface area (TPSA) is 93.6 Å². The molecule has 1 aliphatic heterocycles. The highest BCUT2D eigenvalue weighted by atomic mass is 19.1. The number of benzene rings is 1. The van der Waals surface area contributed by atoms with Crippen molar-refractivity contribution in [1.29, 1.82) is 0 Å². The van der Waals surface area contributed by atoms with Crippen LogP contribution in [0.4, 0.5) is 4.39 Å². The summed E-state index contributed by atoms with van der Waals surface area (Å²) in [4.78, 5) is 31.4. The van der Waals surface area contributed by atoms with Gasteiger partial charge in [0.1, 0.15) is 11.4 Å². The van der Waals surface area contributed by atoms with Gasteiger partial charge in [-0.2, -0.15) is 5.10 Å². The monoisotopic (exact) mass is 433 g/mol. The average molecular weight is 433 g/mol. The Morgan fingerprint density at radius 1 is 1.22 bits per heavy atom. The van der Waals surface area contributed by atoms with Crippen molar-refractivity contribution in [2.75, 3.05) is 6.54 Å². The van der Waals surface area contributed by atoms with E-state index in [9.17, 15) is 9.59 Å². The third-order valence-electron chi connectivity index (χ3n) is 7.19. The number of halogens is 1. The van der Waals surface area contributed by atoms with Crippen molar-refractivity contribution in [3.05, 3.63) is 64.6 Å². The summed E-state index contributed by atoms with van der Waals surface area (Å²) in [7, 11) is 0. The molecule has 2 fully saturated rings. The molecular formula is C24H24FN5O2. The van der Waals surface area contributed by atoms with E-state index in [4.69, 9.17) is 5.73 Å². The molecule has 3 aromatic rings. The summed E-state index contributed by atoms with van der Waals surface area (Å²) in [6.45, 7) is 2.66. The van der Waals surface area contributed by atoms with Crippen LogP contribution < -0.4 is 5.73 Å². The van der Waals surface area contributed by atoms with E-state index >= 15 is 4.39 Å². The summed E-state index contributed by atoms with van der Waals surface area (Å²) in [5, 5.41) is 4.44. The summed E-state index contributed by atoms with van der Waals surface area (Å²) < 4.78 is 16.8. The largest absolute Gasteiger partial charge is 0.369 e. The predicted molar refractivity (Wildman–Crippen MR) is 115 cm³/mol. The molecule has 2 N–H and O–H groups in total. The molecule has 2 aromatic heterocycles. The molecule has 0 spiro atoms. The molecule has 2 aliphatic carbocycles. The van der Waals surface area contributed by atoms with Gasteiger partial charge >= 0.3 is 0 Å². The number of aromatic nitrogens is 3. The Morgan fingerprint density at radius 2 is 2.00 bits per heavy atom. The summed E-state index contributed by atoms with van der Waals surface area (Å²) >= 11 is 0. The predicted octanol–water partition coefficient (Wildman–Crippen LogP) is 3.04. The molecule has 8 heteroatoms. The first-order valence-corrected chi connectivity index (χ1v) is 11.1. The van der Waals surface area contributed by atoms with E-state index in [0.717, 1.165) is 30.5 Å². The average Bonchev–Trinajstić information content (AvgIpc) is 3.70. The van der Waals surface area contributed by atoms with Gasteiger partial charge in [0, 0.05) is 30.6 Å². The van der Waals surface area contributed by atoms with Crippen molar-refractivity contribution < 1.29 is 14.0 Å². The second-order valence-corrected chi connectivity index (χ2v) is 9.28.